The smallest absolute Gasteiger partial charge is 0.254 e. The Labute approximate surface area is 181 Å². The molecule has 0 radical (unpaired) electrons. The van der Waals surface area contributed by atoms with E-state index in [9.17, 15) is 14.0 Å². The zero-order valence-electron chi connectivity index (χ0n) is 17.7. The minimum absolute atomic E-state index is 0.258. The van der Waals surface area contributed by atoms with Crippen molar-refractivity contribution in [1.82, 2.24) is 4.90 Å². The van der Waals surface area contributed by atoms with Crippen LogP contribution in [0.4, 0.5) is 4.39 Å². The summed E-state index contributed by atoms with van der Waals surface area (Å²) in [5.41, 5.74) is 1.92. The van der Waals surface area contributed by atoms with Crippen molar-refractivity contribution in [3.63, 3.8) is 0 Å². The molecule has 0 spiro atoms. The molecule has 0 heterocycles. The lowest BCUT2D eigenvalue weighted by atomic mass is 9.97. The first-order valence-electron chi connectivity index (χ1n) is 9.80. The van der Waals surface area contributed by atoms with Crippen LogP contribution in [-0.4, -0.2) is 44.4 Å². The molecule has 0 atom stereocenters. The molecular weight excluding hydrogens is 397 g/mol. The number of ether oxygens (including phenoxy) is 2. The number of methoxy groups -OCH3 is 2. The van der Waals surface area contributed by atoms with Gasteiger partial charge in [-0.25, -0.2) is 4.39 Å². The Morgan fingerprint density at radius 2 is 1.52 bits per heavy atom. The lowest BCUT2D eigenvalue weighted by Crippen LogP contribution is -2.30. The van der Waals surface area contributed by atoms with E-state index in [-0.39, 0.29) is 17.3 Å². The number of hydrogen-bond donors (Lipinski definition) is 0. The molecule has 0 aliphatic carbocycles. The van der Waals surface area contributed by atoms with Crippen LogP contribution >= 0.6 is 0 Å². The number of carbonyl (C=O) groups excluding carboxylic acids is 2. The zero-order valence-corrected chi connectivity index (χ0v) is 17.7. The monoisotopic (exact) mass is 421 g/mol. The minimum Gasteiger partial charge on any atom is -0.493 e. The molecule has 0 N–H and O–H groups in total. The van der Waals surface area contributed by atoms with Crippen LogP contribution in [0.5, 0.6) is 11.5 Å². The molecule has 0 saturated carbocycles. The third-order valence-corrected chi connectivity index (χ3v) is 5.04. The molecule has 0 saturated heterocycles. The van der Waals surface area contributed by atoms with Gasteiger partial charge in [0.15, 0.2) is 17.3 Å². The molecule has 6 heteroatoms. The predicted octanol–water partition coefficient (Wildman–Crippen LogP) is 4.39. The van der Waals surface area contributed by atoms with Crippen molar-refractivity contribution in [2.24, 2.45) is 0 Å². The van der Waals surface area contributed by atoms with E-state index in [1.165, 1.54) is 24.3 Å². The van der Waals surface area contributed by atoms with E-state index >= 15 is 0 Å². The first kappa shape index (κ1) is 22.0. The lowest BCUT2D eigenvalue weighted by molar-refractivity contribution is 0.0791. The quantitative estimate of drug-likeness (QED) is 0.506. The summed E-state index contributed by atoms with van der Waals surface area (Å²) in [6.45, 7) is 0.452. The van der Waals surface area contributed by atoms with Gasteiger partial charge in [-0.1, -0.05) is 24.3 Å². The van der Waals surface area contributed by atoms with Crippen molar-refractivity contribution in [2.75, 3.05) is 27.8 Å². The van der Waals surface area contributed by atoms with Crippen LogP contribution in [0.3, 0.4) is 0 Å². The van der Waals surface area contributed by atoms with Crippen LogP contribution in [0.2, 0.25) is 0 Å². The van der Waals surface area contributed by atoms with E-state index in [0.29, 0.717) is 35.6 Å². The number of amides is 1. The maximum absolute atomic E-state index is 13.2. The zero-order chi connectivity index (χ0) is 22.4. The predicted molar refractivity (Wildman–Crippen MR) is 116 cm³/mol. The Kier molecular flexibility index (Phi) is 7.03. The average molecular weight is 421 g/mol. The second-order valence-electron chi connectivity index (χ2n) is 7.05. The van der Waals surface area contributed by atoms with E-state index in [4.69, 9.17) is 9.47 Å². The Hall–Kier alpha value is -3.67. The van der Waals surface area contributed by atoms with Crippen LogP contribution in [0.1, 0.15) is 31.8 Å². The van der Waals surface area contributed by atoms with Gasteiger partial charge in [0.2, 0.25) is 0 Å². The van der Waals surface area contributed by atoms with E-state index in [0.717, 1.165) is 5.56 Å². The normalized spacial score (nSPS) is 10.5. The molecule has 0 aliphatic heterocycles. The molecule has 3 aromatic rings. The maximum atomic E-state index is 13.2. The van der Waals surface area contributed by atoms with Gasteiger partial charge >= 0.3 is 0 Å². The summed E-state index contributed by atoms with van der Waals surface area (Å²) in [6, 6.07) is 17.6. The maximum Gasteiger partial charge on any atom is 0.254 e. The number of carbonyl (C=O) groups is 2. The summed E-state index contributed by atoms with van der Waals surface area (Å²) in [7, 11) is 4.85. The molecule has 160 valence electrons. The first-order chi connectivity index (χ1) is 14.9. The molecule has 3 rings (SSSR count). The van der Waals surface area contributed by atoms with Crippen molar-refractivity contribution in [3.05, 3.63) is 94.8 Å². The number of benzene rings is 3. The van der Waals surface area contributed by atoms with Gasteiger partial charge in [-0.05, 0) is 54.4 Å². The number of nitrogens with zero attached hydrogens (tertiary/aromatic N) is 1. The van der Waals surface area contributed by atoms with Crippen LogP contribution in [-0.2, 0) is 6.42 Å². The molecule has 5 nitrogen and oxygen atoms in total. The molecule has 1 amide bonds. The fourth-order valence-electron chi connectivity index (χ4n) is 3.26. The van der Waals surface area contributed by atoms with Crippen molar-refractivity contribution in [2.45, 2.75) is 6.42 Å². The summed E-state index contributed by atoms with van der Waals surface area (Å²) in [5.74, 6) is 0.271. The summed E-state index contributed by atoms with van der Waals surface area (Å²) >= 11 is 0. The van der Waals surface area contributed by atoms with Crippen molar-refractivity contribution >= 4 is 11.7 Å². The Balaban J connectivity index is 1.75. The van der Waals surface area contributed by atoms with Gasteiger partial charge in [-0.2, -0.15) is 0 Å². The first-order valence-corrected chi connectivity index (χ1v) is 9.80. The van der Waals surface area contributed by atoms with Gasteiger partial charge in [0.1, 0.15) is 5.82 Å². The fraction of sp³-hybridized carbons (Fsp3) is 0.200. The van der Waals surface area contributed by atoms with Gasteiger partial charge < -0.3 is 14.4 Å². The molecule has 0 bridgehead atoms. The Morgan fingerprint density at radius 1 is 0.871 bits per heavy atom. The number of halogens is 1. The van der Waals surface area contributed by atoms with Crippen molar-refractivity contribution in [3.8, 4) is 11.5 Å². The van der Waals surface area contributed by atoms with Gasteiger partial charge in [0.25, 0.3) is 5.91 Å². The molecule has 0 aliphatic rings. The van der Waals surface area contributed by atoms with Gasteiger partial charge in [0, 0.05) is 24.7 Å². The molecule has 0 aromatic heterocycles. The van der Waals surface area contributed by atoms with Crippen LogP contribution in [0.15, 0.2) is 66.7 Å². The number of ketones is 1. The molecule has 0 unspecified atom stereocenters. The minimum atomic E-state index is -0.421. The summed E-state index contributed by atoms with van der Waals surface area (Å²) < 4.78 is 23.8. The standard InChI is InChI=1S/C25H24FNO4/c1-27(15-14-17-8-13-22(30-2)23(16-17)31-3)25(29)21-7-5-4-6-20(21)24(28)18-9-11-19(26)12-10-18/h4-13,16H,14-15H2,1-3H3. The molecule has 31 heavy (non-hydrogen) atoms. The lowest BCUT2D eigenvalue weighted by Gasteiger charge is -2.19. The summed E-state index contributed by atoms with van der Waals surface area (Å²) in [6.07, 6.45) is 0.608. The third kappa shape index (κ3) is 5.09. The van der Waals surface area contributed by atoms with Crippen molar-refractivity contribution < 1.29 is 23.5 Å². The van der Waals surface area contributed by atoms with Crippen LogP contribution in [0.25, 0.3) is 0 Å². The highest BCUT2D eigenvalue weighted by Crippen LogP contribution is 2.27. The summed E-state index contributed by atoms with van der Waals surface area (Å²) in [5, 5.41) is 0. The van der Waals surface area contributed by atoms with Gasteiger partial charge in [0.05, 0.1) is 19.8 Å². The van der Waals surface area contributed by atoms with E-state index in [2.05, 4.69) is 0 Å². The highest BCUT2D eigenvalue weighted by molar-refractivity contribution is 6.15. The fourth-order valence-corrected chi connectivity index (χ4v) is 3.26. The number of likely N-dealkylation sites (N-methyl/N-ethyl adjacent to an activating group) is 1. The largest absolute Gasteiger partial charge is 0.493 e. The SMILES string of the molecule is COc1ccc(CCN(C)C(=O)c2ccccc2C(=O)c2ccc(F)cc2)cc1OC. The van der Waals surface area contributed by atoms with Gasteiger partial charge in [-0.3, -0.25) is 9.59 Å². The van der Waals surface area contributed by atoms with E-state index in [1.807, 2.05) is 18.2 Å². The van der Waals surface area contributed by atoms with Crippen LogP contribution < -0.4 is 9.47 Å². The number of rotatable bonds is 8. The third-order valence-electron chi connectivity index (χ3n) is 5.04. The van der Waals surface area contributed by atoms with Crippen molar-refractivity contribution in [1.29, 1.82) is 0 Å². The highest BCUT2D eigenvalue weighted by Gasteiger charge is 2.20. The average Bonchev–Trinajstić information content (AvgIpc) is 2.81. The Bertz CT molecular complexity index is 1080. The molecular formula is C25H24FNO4. The summed E-state index contributed by atoms with van der Waals surface area (Å²) in [4.78, 5) is 27.5. The number of hydrogen-bond acceptors (Lipinski definition) is 4. The van der Waals surface area contributed by atoms with E-state index in [1.54, 1.807) is 50.4 Å². The topological polar surface area (TPSA) is 55.8 Å². The Morgan fingerprint density at radius 3 is 2.16 bits per heavy atom. The molecule has 0 fully saturated rings. The second kappa shape index (κ2) is 9.89. The van der Waals surface area contributed by atoms with E-state index < -0.39 is 5.82 Å². The van der Waals surface area contributed by atoms with Crippen LogP contribution in [0, 0.1) is 5.82 Å². The molecule has 3 aromatic carbocycles. The second-order valence-corrected chi connectivity index (χ2v) is 7.05. The highest BCUT2D eigenvalue weighted by atomic mass is 19.1. The van der Waals surface area contributed by atoms with Gasteiger partial charge in [-0.15, -0.1) is 0 Å².